The first-order chi connectivity index (χ1) is 12.7. The van der Waals surface area contributed by atoms with Gasteiger partial charge in [0, 0.05) is 53.7 Å². The van der Waals surface area contributed by atoms with Crippen LogP contribution in [0.2, 0.25) is 0 Å². The first-order valence-corrected chi connectivity index (χ1v) is 12.1. The average molecular weight is 478 g/mol. The number of fused-ring (bicyclic) bond motifs is 1. The lowest BCUT2D eigenvalue weighted by Gasteiger charge is -2.21. The number of hydrogen-bond acceptors (Lipinski definition) is 5. The summed E-state index contributed by atoms with van der Waals surface area (Å²) in [5, 5.41) is 15.1. The van der Waals surface area contributed by atoms with Crippen LogP contribution in [0, 0.1) is 24.2 Å². The number of halogens is 1. The molecule has 134 valence electrons. The Labute approximate surface area is 168 Å². The molecule has 26 heavy (non-hydrogen) atoms. The van der Waals surface area contributed by atoms with Crippen molar-refractivity contribution in [1.82, 2.24) is 23.7 Å². The van der Waals surface area contributed by atoms with Gasteiger partial charge in [0.1, 0.15) is 6.33 Å². The number of aryl methyl sites for hydroxylation is 1. The van der Waals surface area contributed by atoms with E-state index in [4.69, 9.17) is 5.10 Å². The molecule has 1 saturated carbocycles. The van der Waals surface area contributed by atoms with Gasteiger partial charge in [-0.2, -0.15) is 10.4 Å². The fourth-order valence-corrected chi connectivity index (χ4v) is 5.27. The molecule has 4 rings (SSSR count). The van der Waals surface area contributed by atoms with Crippen LogP contribution in [-0.4, -0.2) is 23.7 Å². The number of nitrogens with zero attached hydrogens (tertiary/aromatic N) is 6. The molecule has 8 heteroatoms. The molecule has 0 saturated heterocycles. The molecule has 3 heterocycles. The van der Waals surface area contributed by atoms with Gasteiger partial charge < -0.3 is 0 Å². The highest BCUT2D eigenvalue weighted by atomic mass is 127. The third kappa shape index (κ3) is 3.11. The highest BCUT2D eigenvalue weighted by Gasteiger charge is 2.28. The molecule has 1 aliphatic rings. The largest absolute Gasteiger partial charge is 0.267 e. The van der Waals surface area contributed by atoms with E-state index in [9.17, 15) is 5.26 Å². The predicted octanol–water partition coefficient (Wildman–Crippen LogP) is 5.09. The maximum atomic E-state index is 9.31. The minimum absolute atomic E-state index is 0.154. The van der Waals surface area contributed by atoms with E-state index in [0.717, 1.165) is 28.0 Å². The van der Waals surface area contributed by atoms with Crippen LogP contribution < -0.4 is 0 Å². The van der Waals surface area contributed by atoms with Crippen molar-refractivity contribution in [2.45, 2.75) is 45.1 Å². The Balaban J connectivity index is 1.77. The van der Waals surface area contributed by atoms with E-state index in [-0.39, 0.29) is 6.04 Å². The lowest BCUT2D eigenvalue weighted by atomic mass is 9.96. The molecule has 0 amide bonds. The molecule has 0 radical (unpaired) electrons. The van der Waals surface area contributed by atoms with E-state index >= 15 is 0 Å². The van der Waals surface area contributed by atoms with Crippen molar-refractivity contribution >= 4 is 41.4 Å². The van der Waals surface area contributed by atoms with Crippen LogP contribution in [0.4, 0.5) is 0 Å². The Bertz CT molecular complexity index is 966. The maximum absolute atomic E-state index is 9.31. The van der Waals surface area contributed by atoms with Crippen LogP contribution in [0.25, 0.3) is 22.3 Å². The SMILES string of the molecule is Cc1nn(C(CC#N)C2CCCC2)cc1-c1ncnc2c1ccn2SI. The normalized spacial score (nSPS) is 16.2. The molecule has 1 unspecified atom stereocenters. The fourth-order valence-electron chi connectivity index (χ4n) is 3.99. The van der Waals surface area contributed by atoms with Crippen molar-refractivity contribution in [3.8, 4) is 17.3 Å². The minimum atomic E-state index is 0.154. The summed E-state index contributed by atoms with van der Waals surface area (Å²) in [7, 11) is 1.59. The van der Waals surface area contributed by atoms with E-state index in [2.05, 4.69) is 49.5 Å². The first-order valence-electron chi connectivity index (χ1n) is 8.77. The molecule has 0 spiro atoms. The van der Waals surface area contributed by atoms with Gasteiger partial charge in [-0.3, -0.25) is 8.65 Å². The first kappa shape index (κ1) is 17.8. The van der Waals surface area contributed by atoms with Crippen molar-refractivity contribution < 1.29 is 0 Å². The molecule has 0 aromatic carbocycles. The Morgan fingerprint density at radius 3 is 2.92 bits per heavy atom. The predicted molar refractivity (Wildman–Crippen MR) is 112 cm³/mol. The van der Waals surface area contributed by atoms with E-state index in [1.807, 2.05) is 21.8 Å². The molecular weight excluding hydrogens is 459 g/mol. The topological polar surface area (TPSA) is 72.3 Å². The molecule has 0 aliphatic heterocycles. The van der Waals surface area contributed by atoms with Gasteiger partial charge in [-0.15, -0.1) is 0 Å². The van der Waals surface area contributed by atoms with Crippen LogP contribution in [0.1, 0.15) is 43.8 Å². The lowest BCUT2D eigenvalue weighted by Crippen LogP contribution is -2.17. The van der Waals surface area contributed by atoms with Gasteiger partial charge in [-0.25, -0.2) is 9.97 Å². The molecule has 0 bridgehead atoms. The van der Waals surface area contributed by atoms with Gasteiger partial charge in [0.25, 0.3) is 0 Å². The Hall–Kier alpha value is -1.60. The summed E-state index contributed by atoms with van der Waals surface area (Å²) < 4.78 is 4.04. The van der Waals surface area contributed by atoms with Gasteiger partial charge in [0.2, 0.25) is 0 Å². The Kier molecular flexibility index (Phi) is 5.18. The summed E-state index contributed by atoms with van der Waals surface area (Å²) >= 11 is 2.25. The minimum Gasteiger partial charge on any atom is -0.267 e. The van der Waals surface area contributed by atoms with Gasteiger partial charge in [0.15, 0.2) is 5.65 Å². The quantitative estimate of drug-likeness (QED) is 0.478. The van der Waals surface area contributed by atoms with Gasteiger partial charge in [-0.05, 0) is 31.7 Å². The van der Waals surface area contributed by atoms with Crippen LogP contribution >= 0.6 is 30.3 Å². The summed E-state index contributed by atoms with van der Waals surface area (Å²) in [6, 6.07) is 4.57. The second-order valence-electron chi connectivity index (χ2n) is 6.75. The lowest BCUT2D eigenvalue weighted by molar-refractivity contribution is 0.314. The molecule has 1 fully saturated rings. The van der Waals surface area contributed by atoms with Crippen LogP contribution in [0.5, 0.6) is 0 Å². The molecule has 1 aliphatic carbocycles. The van der Waals surface area contributed by atoms with E-state index in [1.165, 1.54) is 25.7 Å². The maximum Gasteiger partial charge on any atom is 0.154 e. The molecule has 0 N–H and O–H groups in total. The molecular formula is C18H19IN6S. The molecule has 3 aromatic rings. The monoisotopic (exact) mass is 478 g/mol. The fraction of sp³-hybridized carbons (Fsp3) is 0.444. The highest BCUT2D eigenvalue weighted by Crippen LogP contribution is 2.37. The second kappa shape index (κ2) is 7.56. The summed E-state index contributed by atoms with van der Waals surface area (Å²) in [4.78, 5) is 8.97. The van der Waals surface area contributed by atoms with Crippen molar-refractivity contribution in [3.05, 3.63) is 30.5 Å². The standard InChI is InChI=1S/C18H19IN6S/c1-12-15(17-14-7-9-25(26-19)18(14)22-11-21-17)10-24(23-12)16(6-8-20)13-4-2-3-5-13/h7,9-11,13,16H,2-6H2,1H3. The van der Waals surface area contributed by atoms with E-state index < -0.39 is 0 Å². The van der Waals surface area contributed by atoms with E-state index in [0.29, 0.717) is 12.3 Å². The second-order valence-corrected chi connectivity index (χ2v) is 8.47. The smallest absolute Gasteiger partial charge is 0.154 e. The molecule has 1 atom stereocenters. The summed E-state index contributed by atoms with van der Waals surface area (Å²) in [5.41, 5.74) is 3.78. The zero-order valence-electron chi connectivity index (χ0n) is 14.5. The number of nitriles is 1. The van der Waals surface area contributed by atoms with Crippen molar-refractivity contribution in [3.63, 3.8) is 0 Å². The van der Waals surface area contributed by atoms with E-state index in [1.54, 1.807) is 15.4 Å². The van der Waals surface area contributed by atoms with Crippen LogP contribution in [0.15, 0.2) is 24.8 Å². The van der Waals surface area contributed by atoms with Crippen molar-refractivity contribution in [1.29, 1.82) is 5.26 Å². The van der Waals surface area contributed by atoms with Crippen molar-refractivity contribution in [2.24, 2.45) is 5.92 Å². The molecule has 6 nitrogen and oxygen atoms in total. The summed E-state index contributed by atoms with van der Waals surface area (Å²) in [5.74, 6) is 0.545. The van der Waals surface area contributed by atoms with Crippen LogP contribution in [0.3, 0.4) is 0 Å². The average Bonchev–Trinajstić information content (AvgIpc) is 3.39. The van der Waals surface area contributed by atoms with Crippen molar-refractivity contribution in [2.75, 3.05) is 0 Å². The Morgan fingerprint density at radius 2 is 2.19 bits per heavy atom. The van der Waals surface area contributed by atoms with Gasteiger partial charge >= 0.3 is 0 Å². The Morgan fingerprint density at radius 1 is 1.38 bits per heavy atom. The van der Waals surface area contributed by atoms with Crippen LogP contribution in [-0.2, 0) is 0 Å². The molecule has 3 aromatic heterocycles. The summed E-state index contributed by atoms with van der Waals surface area (Å²) in [6.07, 6.45) is 11.1. The third-order valence-electron chi connectivity index (χ3n) is 5.28. The number of hydrogen-bond donors (Lipinski definition) is 0. The van der Waals surface area contributed by atoms with Gasteiger partial charge in [-0.1, -0.05) is 12.8 Å². The number of aromatic nitrogens is 5. The zero-order chi connectivity index (χ0) is 18.1. The highest BCUT2D eigenvalue weighted by molar-refractivity contribution is 14.2. The summed E-state index contributed by atoms with van der Waals surface area (Å²) in [6.45, 7) is 2.02. The number of rotatable bonds is 5. The third-order valence-corrected chi connectivity index (χ3v) is 6.99. The zero-order valence-corrected chi connectivity index (χ0v) is 17.4. The van der Waals surface area contributed by atoms with Gasteiger partial charge in [0.05, 0.1) is 29.9 Å².